The molecule has 0 aliphatic carbocycles. The number of ether oxygens (including phenoxy) is 1. The van der Waals surface area contributed by atoms with Crippen LogP contribution in [0.1, 0.15) is 6.42 Å². The second kappa shape index (κ2) is 5.94. The number of carbonyl (C=O) groups excluding carboxylic acids is 1. The molecule has 0 aliphatic rings. The molecule has 0 saturated carbocycles. The van der Waals surface area contributed by atoms with Gasteiger partial charge >= 0.3 is 5.97 Å². The van der Waals surface area contributed by atoms with Crippen LogP contribution >= 0.6 is 23.3 Å². The first-order valence-electron chi connectivity index (χ1n) is 3.97. The standard InChI is InChI=1S/C7H11N3O2S2/c1-12-6(11)5(8)2-3-13-7-9-4-10-14-7/h4-5H,2-3,8H2,1H3. The second-order valence-electron chi connectivity index (χ2n) is 2.47. The maximum Gasteiger partial charge on any atom is 0.322 e. The van der Waals surface area contributed by atoms with Gasteiger partial charge in [0.25, 0.3) is 0 Å². The van der Waals surface area contributed by atoms with E-state index in [4.69, 9.17) is 5.73 Å². The molecule has 0 amide bonds. The Hall–Kier alpha value is -0.660. The lowest BCUT2D eigenvalue weighted by Gasteiger charge is -2.07. The molecule has 0 aromatic carbocycles. The van der Waals surface area contributed by atoms with E-state index in [9.17, 15) is 4.79 Å². The van der Waals surface area contributed by atoms with E-state index in [0.717, 1.165) is 10.1 Å². The molecule has 0 fully saturated rings. The molecule has 14 heavy (non-hydrogen) atoms. The number of aromatic nitrogens is 2. The lowest BCUT2D eigenvalue weighted by molar-refractivity contribution is -0.142. The molecule has 0 aliphatic heterocycles. The molecule has 78 valence electrons. The Morgan fingerprint density at radius 2 is 2.64 bits per heavy atom. The van der Waals surface area contributed by atoms with Crippen molar-refractivity contribution in [2.45, 2.75) is 16.8 Å². The minimum absolute atomic E-state index is 0.372. The molecule has 5 nitrogen and oxygen atoms in total. The van der Waals surface area contributed by atoms with Crippen LogP contribution in [0, 0.1) is 0 Å². The SMILES string of the molecule is COC(=O)C(N)CCSc1ncns1. The molecule has 1 heterocycles. The van der Waals surface area contributed by atoms with Crippen LogP contribution in [0.15, 0.2) is 10.7 Å². The average molecular weight is 233 g/mol. The van der Waals surface area contributed by atoms with Crippen LogP contribution in [0.3, 0.4) is 0 Å². The summed E-state index contributed by atoms with van der Waals surface area (Å²) in [5, 5.41) is 0. The highest BCUT2D eigenvalue weighted by atomic mass is 32.2. The Morgan fingerprint density at radius 1 is 1.86 bits per heavy atom. The van der Waals surface area contributed by atoms with Gasteiger partial charge in [-0.2, -0.15) is 4.37 Å². The number of hydrogen-bond acceptors (Lipinski definition) is 7. The molecule has 1 aromatic heterocycles. The van der Waals surface area contributed by atoms with Crippen LogP contribution in [0.2, 0.25) is 0 Å². The van der Waals surface area contributed by atoms with E-state index in [2.05, 4.69) is 14.1 Å². The Labute approximate surface area is 90.2 Å². The molecule has 0 radical (unpaired) electrons. The summed E-state index contributed by atoms with van der Waals surface area (Å²) in [7, 11) is 1.33. The zero-order chi connectivity index (χ0) is 10.4. The van der Waals surface area contributed by atoms with Crippen LogP contribution in [0.25, 0.3) is 0 Å². The average Bonchev–Trinajstić information content (AvgIpc) is 2.69. The van der Waals surface area contributed by atoms with Crippen molar-refractivity contribution in [2.75, 3.05) is 12.9 Å². The molecule has 0 saturated heterocycles. The van der Waals surface area contributed by atoms with E-state index >= 15 is 0 Å². The van der Waals surface area contributed by atoms with Gasteiger partial charge in [-0.3, -0.25) is 4.79 Å². The fourth-order valence-corrected chi connectivity index (χ4v) is 2.31. The zero-order valence-electron chi connectivity index (χ0n) is 7.67. The summed E-state index contributed by atoms with van der Waals surface area (Å²) in [5.41, 5.74) is 5.55. The molecule has 1 rings (SSSR count). The van der Waals surface area contributed by atoms with Gasteiger partial charge in [0, 0.05) is 5.75 Å². The number of nitrogens with zero attached hydrogens (tertiary/aromatic N) is 2. The smallest absolute Gasteiger partial charge is 0.322 e. The number of methoxy groups -OCH3 is 1. The summed E-state index contributed by atoms with van der Waals surface area (Å²) in [6.07, 6.45) is 2.09. The van der Waals surface area contributed by atoms with E-state index in [1.54, 1.807) is 11.8 Å². The van der Waals surface area contributed by atoms with Crippen LogP contribution in [-0.4, -0.2) is 34.2 Å². The van der Waals surface area contributed by atoms with Gasteiger partial charge in [0.05, 0.1) is 7.11 Å². The third-order valence-electron chi connectivity index (χ3n) is 1.50. The predicted molar refractivity (Wildman–Crippen MR) is 55.2 cm³/mol. The van der Waals surface area contributed by atoms with Crippen molar-refractivity contribution >= 4 is 29.3 Å². The predicted octanol–water partition coefficient (Wildman–Crippen LogP) is 0.521. The summed E-state index contributed by atoms with van der Waals surface area (Å²) in [6, 6.07) is -0.541. The van der Waals surface area contributed by atoms with Gasteiger partial charge < -0.3 is 10.5 Å². The Bertz CT molecular complexity index is 278. The second-order valence-corrected chi connectivity index (χ2v) is 4.60. The molecule has 7 heteroatoms. The first-order chi connectivity index (χ1) is 6.74. The summed E-state index contributed by atoms with van der Waals surface area (Å²) in [4.78, 5) is 14.9. The first kappa shape index (κ1) is 11.4. The van der Waals surface area contributed by atoms with Gasteiger partial charge in [-0.25, -0.2) is 4.98 Å². The number of esters is 1. The lowest BCUT2D eigenvalue weighted by Crippen LogP contribution is -2.31. The van der Waals surface area contributed by atoms with Crippen molar-refractivity contribution < 1.29 is 9.53 Å². The van der Waals surface area contributed by atoms with Crippen LogP contribution < -0.4 is 5.73 Å². The number of carbonyl (C=O) groups is 1. The number of hydrogen-bond donors (Lipinski definition) is 1. The zero-order valence-corrected chi connectivity index (χ0v) is 9.31. The van der Waals surface area contributed by atoms with E-state index < -0.39 is 6.04 Å². The minimum atomic E-state index is -0.541. The van der Waals surface area contributed by atoms with Gasteiger partial charge in [0.15, 0.2) is 4.34 Å². The molecule has 1 atom stereocenters. The summed E-state index contributed by atoms with van der Waals surface area (Å²) in [5.74, 6) is 0.369. The lowest BCUT2D eigenvalue weighted by atomic mass is 10.2. The van der Waals surface area contributed by atoms with Crippen molar-refractivity contribution in [3.05, 3.63) is 6.33 Å². The van der Waals surface area contributed by atoms with Gasteiger partial charge in [-0.1, -0.05) is 11.8 Å². The fraction of sp³-hybridized carbons (Fsp3) is 0.571. The quantitative estimate of drug-likeness (QED) is 0.590. The molecule has 2 N–H and O–H groups in total. The highest BCUT2D eigenvalue weighted by Crippen LogP contribution is 2.19. The third-order valence-corrected chi connectivity index (χ3v) is 3.33. The molecular formula is C7H11N3O2S2. The number of nitrogens with two attached hydrogens (primary N) is 1. The normalized spacial score (nSPS) is 12.4. The summed E-state index contributed by atoms with van der Waals surface area (Å²) >= 11 is 2.87. The van der Waals surface area contributed by atoms with Crippen molar-refractivity contribution in [3.63, 3.8) is 0 Å². The highest BCUT2D eigenvalue weighted by molar-refractivity contribution is 8.00. The largest absolute Gasteiger partial charge is 0.468 e. The van der Waals surface area contributed by atoms with Crippen molar-refractivity contribution in [2.24, 2.45) is 5.73 Å². The summed E-state index contributed by atoms with van der Waals surface area (Å²) in [6.45, 7) is 0. The summed E-state index contributed by atoms with van der Waals surface area (Å²) < 4.78 is 9.25. The molecule has 1 unspecified atom stereocenters. The van der Waals surface area contributed by atoms with E-state index in [1.165, 1.54) is 25.0 Å². The maximum atomic E-state index is 10.9. The van der Waals surface area contributed by atoms with Gasteiger partial charge in [-0.05, 0) is 18.0 Å². The Morgan fingerprint density at radius 3 is 3.21 bits per heavy atom. The highest BCUT2D eigenvalue weighted by Gasteiger charge is 2.13. The van der Waals surface area contributed by atoms with Crippen molar-refractivity contribution in [1.29, 1.82) is 0 Å². The van der Waals surface area contributed by atoms with Gasteiger partial charge in [0.1, 0.15) is 12.4 Å². The van der Waals surface area contributed by atoms with Crippen LogP contribution in [-0.2, 0) is 9.53 Å². The van der Waals surface area contributed by atoms with Gasteiger partial charge in [-0.15, -0.1) is 0 Å². The molecule has 0 spiro atoms. The van der Waals surface area contributed by atoms with E-state index in [0.29, 0.717) is 6.42 Å². The fourth-order valence-electron chi connectivity index (χ4n) is 0.769. The van der Waals surface area contributed by atoms with Gasteiger partial charge in [0.2, 0.25) is 0 Å². The molecule has 0 bridgehead atoms. The molecule has 1 aromatic rings. The van der Waals surface area contributed by atoms with Crippen LogP contribution in [0.5, 0.6) is 0 Å². The van der Waals surface area contributed by atoms with E-state index in [-0.39, 0.29) is 5.97 Å². The topological polar surface area (TPSA) is 78.1 Å². The minimum Gasteiger partial charge on any atom is -0.468 e. The van der Waals surface area contributed by atoms with Crippen molar-refractivity contribution in [3.8, 4) is 0 Å². The van der Waals surface area contributed by atoms with Crippen molar-refractivity contribution in [1.82, 2.24) is 9.36 Å². The van der Waals surface area contributed by atoms with Crippen LogP contribution in [0.4, 0.5) is 0 Å². The van der Waals surface area contributed by atoms with E-state index in [1.807, 2.05) is 0 Å². The monoisotopic (exact) mass is 233 g/mol. The maximum absolute atomic E-state index is 10.9. The number of thioether (sulfide) groups is 1. The Kier molecular flexibility index (Phi) is 4.85. The third kappa shape index (κ3) is 3.60. The molecular weight excluding hydrogens is 222 g/mol. The first-order valence-corrected chi connectivity index (χ1v) is 5.73. The number of rotatable bonds is 5. The Balaban J connectivity index is 2.18.